The van der Waals surface area contributed by atoms with Crippen molar-refractivity contribution < 1.29 is 0 Å². The van der Waals surface area contributed by atoms with Gasteiger partial charge in [0.1, 0.15) is 0 Å². The van der Waals surface area contributed by atoms with Crippen LogP contribution in [0.4, 0.5) is 0 Å². The van der Waals surface area contributed by atoms with E-state index in [1.165, 1.54) is 0 Å². The Labute approximate surface area is 122 Å². The molecule has 2 aromatic rings. The van der Waals surface area contributed by atoms with Gasteiger partial charge in [0, 0.05) is 10.5 Å². The first-order valence-electron chi connectivity index (χ1n) is 5.29. The van der Waals surface area contributed by atoms with Gasteiger partial charge in [0.2, 0.25) is 0 Å². The predicted octanol–water partition coefficient (Wildman–Crippen LogP) is 4.71. The van der Waals surface area contributed by atoms with E-state index in [0.717, 1.165) is 11.1 Å². The molecule has 4 heteroatoms. The highest BCUT2D eigenvalue weighted by molar-refractivity contribution is 7.90. The molecule has 0 aromatic heterocycles. The van der Waals surface area contributed by atoms with E-state index in [1.807, 2.05) is 36.4 Å². The summed E-state index contributed by atoms with van der Waals surface area (Å²) >= 11 is 16.3. The maximum Gasteiger partial charge on any atom is 0.0599 e. The van der Waals surface area contributed by atoms with E-state index < -0.39 is 0 Å². The van der Waals surface area contributed by atoms with Crippen molar-refractivity contribution in [3.8, 4) is 0 Å². The maximum absolute atomic E-state index is 6.09. The fraction of sp³-hybridized carbons (Fsp3) is 0. The zero-order chi connectivity index (χ0) is 13.1. The topological polar surface area (TPSA) is 26.0 Å². The van der Waals surface area contributed by atoms with E-state index in [9.17, 15) is 0 Å². The molecule has 1 nitrogen and oxygen atoms in total. The molecule has 0 aliphatic rings. The monoisotopic (exact) mass is 295 g/mol. The molecule has 0 fully saturated rings. The van der Waals surface area contributed by atoms with Gasteiger partial charge in [-0.2, -0.15) is 0 Å². The molecule has 0 amide bonds. The van der Waals surface area contributed by atoms with Gasteiger partial charge >= 0.3 is 0 Å². The van der Waals surface area contributed by atoms with Crippen molar-refractivity contribution in [2.24, 2.45) is 5.73 Å². The van der Waals surface area contributed by atoms with Gasteiger partial charge in [0.05, 0.1) is 15.7 Å². The van der Waals surface area contributed by atoms with Crippen LogP contribution in [0.1, 0.15) is 11.1 Å². The largest absolute Gasteiger partial charge is 0.397 e. The highest BCUT2D eigenvalue weighted by Gasteiger charge is 2.07. The van der Waals surface area contributed by atoms with Gasteiger partial charge < -0.3 is 5.73 Å². The Hall–Kier alpha value is -1.09. The van der Waals surface area contributed by atoms with Crippen LogP contribution in [0, 0.1) is 0 Å². The molecule has 0 radical (unpaired) electrons. The average molecular weight is 296 g/mol. The van der Waals surface area contributed by atoms with Gasteiger partial charge in [-0.1, -0.05) is 59.6 Å². The molecule has 0 aliphatic carbocycles. The third-order valence-corrected chi connectivity index (χ3v) is 3.77. The van der Waals surface area contributed by atoms with Crippen molar-refractivity contribution in [2.45, 2.75) is 0 Å². The van der Waals surface area contributed by atoms with E-state index in [4.69, 9.17) is 28.9 Å². The lowest BCUT2D eigenvalue weighted by molar-refractivity contribution is 1.52. The smallest absolute Gasteiger partial charge is 0.0599 e. The molecule has 2 aromatic carbocycles. The van der Waals surface area contributed by atoms with E-state index in [1.54, 1.807) is 12.1 Å². The summed E-state index contributed by atoms with van der Waals surface area (Å²) in [4.78, 5) is 0.717. The number of rotatable bonds is 2. The second-order valence-corrected chi connectivity index (χ2v) is 5.02. The van der Waals surface area contributed by atoms with Crippen molar-refractivity contribution in [1.82, 2.24) is 0 Å². The molecular weight excluding hydrogens is 285 g/mol. The minimum Gasteiger partial charge on any atom is -0.397 e. The van der Waals surface area contributed by atoms with Gasteiger partial charge in [0.15, 0.2) is 0 Å². The van der Waals surface area contributed by atoms with Gasteiger partial charge in [0.25, 0.3) is 0 Å². The Morgan fingerprint density at radius 3 is 2.17 bits per heavy atom. The van der Waals surface area contributed by atoms with Crippen LogP contribution in [-0.2, 0) is 0 Å². The zero-order valence-electron chi connectivity index (χ0n) is 9.40. The fourth-order valence-electron chi connectivity index (χ4n) is 1.55. The summed E-state index contributed by atoms with van der Waals surface area (Å²) in [6.45, 7) is 0. The Morgan fingerprint density at radius 1 is 0.889 bits per heavy atom. The van der Waals surface area contributed by atoms with Gasteiger partial charge in [-0.25, -0.2) is 0 Å². The van der Waals surface area contributed by atoms with Gasteiger partial charge in [-0.15, -0.1) is 12.6 Å². The SMILES string of the molecule is N/C(=C(\S)c1ccccc1)c1ccc(Cl)c(Cl)c1. The number of hydrogen-bond donors (Lipinski definition) is 2. The van der Waals surface area contributed by atoms with Crippen molar-refractivity contribution in [3.63, 3.8) is 0 Å². The van der Waals surface area contributed by atoms with Gasteiger partial charge in [-0.05, 0) is 17.7 Å². The molecular formula is C14H11Cl2NS. The molecule has 92 valence electrons. The number of hydrogen-bond acceptors (Lipinski definition) is 2. The second-order valence-electron chi connectivity index (χ2n) is 3.76. The lowest BCUT2D eigenvalue weighted by atomic mass is 10.1. The zero-order valence-corrected chi connectivity index (χ0v) is 11.8. The van der Waals surface area contributed by atoms with Crippen LogP contribution in [0.15, 0.2) is 48.5 Å². The lowest BCUT2D eigenvalue weighted by Crippen LogP contribution is -1.98. The summed E-state index contributed by atoms with van der Waals surface area (Å²) in [6, 6.07) is 15.0. The second kappa shape index (κ2) is 5.70. The van der Waals surface area contributed by atoms with Crippen molar-refractivity contribution >= 4 is 46.4 Å². The number of benzene rings is 2. The predicted molar refractivity (Wildman–Crippen MR) is 82.9 cm³/mol. The van der Waals surface area contributed by atoms with Crippen LogP contribution in [0.5, 0.6) is 0 Å². The van der Waals surface area contributed by atoms with Crippen LogP contribution >= 0.6 is 35.8 Å². The highest BCUT2D eigenvalue weighted by atomic mass is 35.5. The molecule has 0 spiro atoms. The third kappa shape index (κ3) is 2.83. The molecule has 2 N–H and O–H groups in total. The number of halogens is 2. The molecule has 0 saturated heterocycles. The van der Waals surface area contributed by atoms with Crippen LogP contribution in [0.25, 0.3) is 10.6 Å². The first kappa shape index (κ1) is 13.3. The van der Waals surface area contributed by atoms with Crippen LogP contribution < -0.4 is 5.73 Å². The van der Waals surface area contributed by atoms with Crippen molar-refractivity contribution in [3.05, 3.63) is 69.7 Å². The normalized spacial score (nSPS) is 12.2. The molecule has 2 rings (SSSR count). The van der Waals surface area contributed by atoms with Crippen LogP contribution in [-0.4, -0.2) is 0 Å². The molecule has 0 bridgehead atoms. The first-order chi connectivity index (χ1) is 8.59. The van der Waals surface area contributed by atoms with E-state index >= 15 is 0 Å². The summed E-state index contributed by atoms with van der Waals surface area (Å²) in [7, 11) is 0. The first-order valence-corrected chi connectivity index (χ1v) is 6.49. The summed E-state index contributed by atoms with van der Waals surface area (Å²) in [6.07, 6.45) is 0. The van der Waals surface area contributed by atoms with E-state index in [0.29, 0.717) is 20.6 Å². The lowest BCUT2D eigenvalue weighted by Gasteiger charge is -2.08. The Balaban J connectivity index is 2.46. The Bertz CT molecular complexity index is 594. The quantitative estimate of drug-likeness (QED) is 0.609. The summed E-state index contributed by atoms with van der Waals surface area (Å²) in [5, 5.41) is 0.986. The molecule has 18 heavy (non-hydrogen) atoms. The van der Waals surface area contributed by atoms with E-state index in [2.05, 4.69) is 12.6 Å². The molecule has 0 heterocycles. The summed E-state index contributed by atoms with van der Waals surface area (Å²) < 4.78 is 0. The maximum atomic E-state index is 6.09. The average Bonchev–Trinajstić information content (AvgIpc) is 2.41. The number of thiol groups is 1. The standard InChI is InChI=1S/C14H11Cl2NS/c15-11-7-6-10(8-12(11)16)13(17)14(18)9-4-2-1-3-5-9/h1-8,18H,17H2/b14-13-. The molecule has 0 aliphatic heterocycles. The molecule has 0 saturated carbocycles. The summed E-state index contributed by atoms with van der Waals surface area (Å²) in [5.74, 6) is 0. The van der Waals surface area contributed by atoms with E-state index in [-0.39, 0.29) is 0 Å². The minimum atomic E-state index is 0.478. The highest BCUT2D eigenvalue weighted by Crippen LogP contribution is 2.29. The Kier molecular flexibility index (Phi) is 4.23. The molecule has 0 unspecified atom stereocenters. The van der Waals surface area contributed by atoms with Crippen LogP contribution in [0.2, 0.25) is 10.0 Å². The van der Waals surface area contributed by atoms with Crippen LogP contribution in [0.3, 0.4) is 0 Å². The third-order valence-electron chi connectivity index (χ3n) is 2.53. The minimum absolute atomic E-state index is 0.478. The Morgan fingerprint density at radius 2 is 1.56 bits per heavy atom. The summed E-state index contributed by atoms with van der Waals surface area (Å²) in [5.41, 5.74) is 8.43. The van der Waals surface area contributed by atoms with Crippen molar-refractivity contribution in [1.29, 1.82) is 0 Å². The fourth-order valence-corrected chi connectivity index (χ4v) is 2.13. The molecule has 0 atom stereocenters. The van der Waals surface area contributed by atoms with Gasteiger partial charge in [-0.3, -0.25) is 0 Å². The van der Waals surface area contributed by atoms with Crippen molar-refractivity contribution in [2.75, 3.05) is 0 Å². The number of nitrogens with two attached hydrogens (primary N) is 1.